The van der Waals surface area contributed by atoms with Crippen LogP contribution in [0.2, 0.25) is 0 Å². The van der Waals surface area contributed by atoms with Crippen LogP contribution in [0, 0.1) is 11.6 Å². The fraction of sp³-hybridized carbons (Fsp3) is 0.200. The molecule has 0 unspecified atom stereocenters. The first-order valence-corrected chi connectivity index (χ1v) is 5.75. The number of hydrogen-bond acceptors (Lipinski definition) is 0. The van der Waals surface area contributed by atoms with Crippen molar-refractivity contribution in [2.24, 2.45) is 0 Å². The molecule has 0 spiro atoms. The van der Waals surface area contributed by atoms with E-state index < -0.39 is 11.6 Å². The van der Waals surface area contributed by atoms with Gasteiger partial charge in [0.1, 0.15) is 0 Å². The molecule has 0 radical (unpaired) electrons. The molecule has 0 bridgehead atoms. The molecule has 2 rings (SSSR count). The van der Waals surface area contributed by atoms with Crippen molar-refractivity contribution in [2.45, 2.75) is 19.8 Å². The van der Waals surface area contributed by atoms with Crippen LogP contribution in [0.4, 0.5) is 8.78 Å². The van der Waals surface area contributed by atoms with Crippen molar-refractivity contribution < 1.29 is 8.78 Å². The summed E-state index contributed by atoms with van der Waals surface area (Å²) in [6.07, 6.45) is 2.14. The number of hydrogen-bond donors (Lipinski definition) is 0. The lowest BCUT2D eigenvalue weighted by Crippen LogP contribution is -1.87. The Bertz CT molecular complexity index is 501. The second-order valence-corrected chi connectivity index (χ2v) is 4.08. The van der Waals surface area contributed by atoms with Gasteiger partial charge < -0.3 is 0 Å². The van der Waals surface area contributed by atoms with Gasteiger partial charge in [0.05, 0.1) is 0 Å². The number of halogens is 2. The molecule has 0 saturated carbocycles. The van der Waals surface area contributed by atoms with Crippen LogP contribution in [0.3, 0.4) is 0 Å². The number of aryl methyl sites for hydroxylation is 1. The van der Waals surface area contributed by atoms with E-state index in [0.717, 1.165) is 24.5 Å². The van der Waals surface area contributed by atoms with E-state index in [9.17, 15) is 8.78 Å². The van der Waals surface area contributed by atoms with E-state index in [0.29, 0.717) is 5.56 Å². The predicted molar refractivity (Wildman–Crippen MR) is 65.8 cm³/mol. The van der Waals surface area contributed by atoms with Crippen molar-refractivity contribution in [2.75, 3.05) is 0 Å². The SMILES string of the molecule is CCCc1ccc(-c2ccc(F)c(F)c2)cc1. The molecule has 0 aliphatic rings. The maximum absolute atomic E-state index is 13.1. The third kappa shape index (κ3) is 2.70. The summed E-state index contributed by atoms with van der Waals surface area (Å²) in [6.45, 7) is 2.13. The molecule has 0 amide bonds. The summed E-state index contributed by atoms with van der Waals surface area (Å²) in [5, 5.41) is 0. The average Bonchev–Trinajstić information content (AvgIpc) is 2.34. The van der Waals surface area contributed by atoms with Crippen LogP contribution in [0.25, 0.3) is 11.1 Å². The second kappa shape index (κ2) is 5.09. The van der Waals surface area contributed by atoms with Crippen molar-refractivity contribution in [3.63, 3.8) is 0 Å². The highest BCUT2D eigenvalue weighted by molar-refractivity contribution is 5.63. The average molecular weight is 232 g/mol. The van der Waals surface area contributed by atoms with Gasteiger partial charge in [0.15, 0.2) is 11.6 Å². The molecule has 0 N–H and O–H groups in total. The highest BCUT2D eigenvalue weighted by Gasteiger charge is 2.04. The minimum Gasteiger partial charge on any atom is -0.204 e. The lowest BCUT2D eigenvalue weighted by molar-refractivity contribution is 0.509. The van der Waals surface area contributed by atoms with Gasteiger partial charge in [-0.15, -0.1) is 0 Å². The molecule has 0 aromatic heterocycles. The number of benzene rings is 2. The van der Waals surface area contributed by atoms with Crippen LogP contribution in [-0.2, 0) is 6.42 Å². The molecule has 0 fully saturated rings. The largest absolute Gasteiger partial charge is 0.204 e. The van der Waals surface area contributed by atoms with Gasteiger partial charge in [-0.05, 0) is 35.2 Å². The van der Waals surface area contributed by atoms with E-state index in [1.807, 2.05) is 24.3 Å². The molecular formula is C15H14F2. The zero-order valence-electron chi connectivity index (χ0n) is 9.71. The van der Waals surface area contributed by atoms with Gasteiger partial charge in [-0.25, -0.2) is 8.78 Å². The summed E-state index contributed by atoms with van der Waals surface area (Å²) in [7, 11) is 0. The smallest absolute Gasteiger partial charge is 0.159 e. The summed E-state index contributed by atoms with van der Waals surface area (Å²) in [4.78, 5) is 0. The fourth-order valence-corrected chi connectivity index (χ4v) is 1.83. The normalized spacial score (nSPS) is 10.5. The predicted octanol–water partition coefficient (Wildman–Crippen LogP) is 4.58. The molecule has 2 aromatic carbocycles. The molecule has 0 saturated heterocycles. The Labute approximate surface area is 99.9 Å². The third-order valence-electron chi connectivity index (χ3n) is 2.75. The summed E-state index contributed by atoms with van der Waals surface area (Å²) in [5.41, 5.74) is 2.87. The Morgan fingerprint density at radius 1 is 0.824 bits per heavy atom. The second-order valence-electron chi connectivity index (χ2n) is 4.08. The van der Waals surface area contributed by atoms with Crippen LogP contribution in [0.1, 0.15) is 18.9 Å². The Morgan fingerprint density at radius 2 is 1.47 bits per heavy atom. The molecule has 0 nitrogen and oxygen atoms in total. The van der Waals surface area contributed by atoms with Gasteiger partial charge >= 0.3 is 0 Å². The van der Waals surface area contributed by atoms with Crippen LogP contribution < -0.4 is 0 Å². The first-order valence-electron chi connectivity index (χ1n) is 5.75. The summed E-state index contributed by atoms with van der Waals surface area (Å²) in [5.74, 6) is -1.61. The minimum atomic E-state index is -0.809. The Kier molecular flexibility index (Phi) is 3.52. The van der Waals surface area contributed by atoms with Crippen molar-refractivity contribution in [1.82, 2.24) is 0 Å². The standard InChI is InChI=1S/C15H14F2/c1-2-3-11-4-6-12(7-5-11)13-8-9-14(16)15(17)10-13/h4-10H,2-3H2,1H3. The van der Waals surface area contributed by atoms with Crippen molar-refractivity contribution >= 4 is 0 Å². The van der Waals surface area contributed by atoms with E-state index in [1.165, 1.54) is 11.6 Å². The first kappa shape index (κ1) is 11.8. The Balaban J connectivity index is 2.30. The molecule has 2 heteroatoms. The minimum absolute atomic E-state index is 0.701. The van der Waals surface area contributed by atoms with Gasteiger partial charge in [-0.2, -0.15) is 0 Å². The maximum Gasteiger partial charge on any atom is 0.159 e. The van der Waals surface area contributed by atoms with Gasteiger partial charge in [0.2, 0.25) is 0 Å². The van der Waals surface area contributed by atoms with Crippen LogP contribution in [-0.4, -0.2) is 0 Å². The summed E-state index contributed by atoms with van der Waals surface area (Å²) < 4.78 is 25.9. The highest BCUT2D eigenvalue weighted by Crippen LogP contribution is 2.22. The van der Waals surface area contributed by atoms with Gasteiger partial charge in [0.25, 0.3) is 0 Å². The third-order valence-corrected chi connectivity index (χ3v) is 2.75. The molecule has 0 aliphatic carbocycles. The van der Waals surface area contributed by atoms with E-state index >= 15 is 0 Å². The molecule has 0 heterocycles. The van der Waals surface area contributed by atoms with Crippen molar-refractivity contribution in [1.29, 1.82) is 0 Å². The summed E-state index contributed by atoms with van der Waals surface area (Å²) in [6, 6.07) is 11.9. The zero-order valence-corrected chi connectivity index (χ0v) is 9.71. The number of rotatable bonds is 3. The van der Waals surface area contributed by atoms with E-state index in [2.05, 4.69) is 6.92 Å². The lowest BCUT2D eigenvalue weighted by atomic mass is 10.0. The zero-order chi connectivity index (χ0) is 12.3. The molecule has 0 aliphatic heterocycles. The molecule has 17 heavy (non-hydrogen) atoms. The van der Waals surface area contributed by atoms with Crippen LogP contribution in [0.5, 0.6) is 0 Å². The molecule has 0 atom stereocenters. The molecule has 88 valence electrons. The Hall–Kier alpha value is -1.70. The van der Waals surface area contributed by atoms with Crippen LogP contribution in [0.15, 0.2) is 42.5 Å². The topological polar surface area (TPSA) is 0 Å². The Morgan fingerprint density at radius 3 is 2.06 bits per heavy atom. The van der Waals surface area contributed by atoms with Gasteiger partial charge in [-0.3, -0.25) is 0 Å². The quantitative estimate of drug-likeness (QED) is 0.726. The summed E-state index contributed by atoms with van der Waals surface area (Å²) >= 11 is 0. The maximum atomic E-state index is 13.1. The van der Waals surface area contributed by atoms with Gasteiger partial charge in [0, 0.05) is 0 Å². The molecule has 2 aromatic rings. The van der Waals surface area contributed by atoms with Crippen molar-refractivity contribution in [3.05, 3.63) is 59.7 Å². The lowest BCUT2D eigenvalue weighted by Gasteiger charge is -2.04. The highest BCUT2D eigenvalue weighted by atomic mass is 19.2. The van der Waals surface area contributed by atoms with Gasteiger partial charge in [-0.1, -0.05) is 43.7 Å². The molecular weight excluding hydrogens is 218 g/mol. The van der Waals surface area contributed by atoms with Crippen LogP contribution >= 0.6 is 0 Å². The van der Waals surface area contributed by atoms with E-state index in [-0.39, 0.29) is 0 Å². The first-order chi connectivity index (χ1) is 8.20. The fourth-order valence-electron chi connectivity index (χ4n) is 1.83. The van der Waals surface area contributed by atoms with E-state index in [1.54, 1.807) is 6.07 Å². The van der Waals surface area contributed by atoms with E-state index in [4.69, 9.17) is 0 Å². The monoisotopic (exact) mass is 232 g/mol. The van der Waals surface area contributed by atoms with Crippen molar-refractivity contribution in [3.8, 4) is 11.1 Å².